The van der Waals surface area contributed by atoms with Gasteiger partial charge in [-0.15, -0.1) is 0 Å². The molecular weight excluding hydrogens is 232 g/mol. The second kappa shape index (κ2) is 6.86. The van der Waals surface area contributed by atoms with E-state index in [1.165, 1.54) is 7.11 Å². The Balaban J connectivity index is 2.72. The fraction of sp³-hybridized carbons (Fsp3) is 0.462. The molecule has 100 valence electrons. The predicted molar refractivity (Wildman–Crippen MR) is 70.1 cm³/mol. The van der Waals surface area contributed by atoms with Gasteiger partial charge >= 0.3 is 0 Å². The summed E-state index contributed by atoms with van der Waals surface area (Å²) in [5, 5.41) is 2.80. The van der Waals surface area contributed by atoms with Crippen LogP contribution in [0.4, 0.5) is 0 Å². The lowest BCUT2D eigenvalue weighted by molar-refractivity contribution is 0.0949. The SMILES string of the molecule is COc1ccc(C(=O)NCCC(C)N)c(OC)c1. The first-order valence-corrected chi connectivity index (χ1v) is 5.84. The molecule has 0 heterocycles. The molecule has 1 amide bonds. The van der Waals surface area contributed by atoms with E-state index < -0.39 is 0 Å². The molecule has 0 aromatic heterocycles. The summed E-state index contributed by atoms with van der Waals surface area (Å²) in [7, 11) is 3.09. The van der Waals surface area contributed by atoms with Crippen LogP contribution in [-0.2, 0) is 0 Å². The van der Waals surface area contributed by atoms with Crippen LogP contribution in [0.15, 0.2) is 18.2 Å². The molecule has 0 aliphatic carbocycles. The van der Waals surface area contributed by atoms with E-state index in [0.29, 0.717) is 23.6 Å². The largest absolute Gasteiger partial charge is 0.497 e. The lowest BCUT2D eigenvalue weighted by Crippen LogP contribution is -2.29. The van der Waals surface area contributed by atoms with E-state index in [0.717, 1.165) is 6.42 Å². The molecule has 5 nitrogen and oxygen atoms in total. The number of hydrogen-bond acceptors (Lipinski definition) is 4. The summed E-state index contributed by atoms with van der Waals surface area (Å²) in [6.45, 7) is 2.45. The zero-order chi connectivity index (χ0) is 13.5. The first kappa shape index (κ1) is 14.3. The molecule has 1 atom stereocenters. The van der Waals surface area contributed by atoms with Crippen LogP contribution in [0.5, 0.6) is 11.5 Å². The van der Waals surface area contributed by atoms with Gasteiger partial charge < -0.3 is 20.5 Å². The molecule has 5 heteroatoms. The Morgan fingerprint density at radius 3 is 2.67 bits per heavy atom. The molecule has 0 aliphatic rings. The number of carbonyl (C=O) groups excluding carboxylic acids is 1. The number of amides is 1. The van der Waals surface area contributed by atoms with Crippen molar-refractivity contribution in [2.24, 2.45) is 5.73 Å². The van der Waals surface area contributed by atoms with Crippen LogP contribution in [0.25, 0.3) is 0 Å². The van der Waals surface area contributed by atoms with Crippen molar-refractivity contribution in [1.82, 2.24) is 5.32 Å². The highest BCUT2D eigenvalue weighted by Gasteiger charge is 2.12. The van der Waals surface area contributed by atoms with Gasteiger partial charge in [-0.1, -0.05) is 0 Å². The van der Waals surface area contributed by atoms with Crippen molar-refractivity contribution in [2.45, 2.75) is 19.4 Å². The second-order valence-corrected chi connectivity index (χ2v) is 4.09. The first-order valence-electron chi connectivity index (χ1n) is 5.84. The van der Waals surface area contributed by atoms with E-state index in [-0.39, 0.29) is 11.9 Å². The van der Waals surface area contributed by atoms with E-state index >= 15 is 0 Å². The molecule has 1 aromatic rings. The maximum absolute atomic E-state index is 11.9. The van der Waals surface area contributed by atoms with Gasteiger partial charge in [-0.3, -0.25) is 4.79 Å². The summed E-state index contributed by atoms with van der Waals surface area (Å²) >= 11 is 0. The fourth-order valence-electron chi connectivity index (χ4n) is 1.49. The van der Waals surface area contributed by atoms with Crippen LogP contribution in [-0.4, -0.2) is 32.7 Å². The number of hydrogen-bond donors (Lipinski definition) is 2. The van der Waals surface area contributed by atoms with Gasteiger partial charge in [0.15, 0.2) is 0 Å². The Kier molecular flexibility index (Phi) is 5.45. The molecule has 0 aliphatic heterocycles. The summed E-state index contributed by atoms with van der Waals surface area (Å²) in [6.07, 6.45) is 0.740. The Labute approximate surface area is 107 Å². The summed E-state index contributed by atoms with van der Waals surface area (Å²) in [4.78, 5) is 11.9. The maximum Gasteiger partial charge on any atom is 0.255 e. The average Bonchev–Trinajstić information content (AvgIpc) is 2.37. The lowest BCUT2D eigenvalue weighted by Gasteiger charge is -2.11. The number of carbonyl (C=O) groups is 1. The summed E-state index contributed by atoms with van der Waals surface area (Å²) in [5.41, 5.74) is 6.11. The van der Waals surface area contributed by atoms with Crippen molar-refractivity contribution in [3.8, 4) is 11.5 Å². The van der Waals surface area contributed by atoms with Crippen molar-refractivity contribution >= 4 is 5.91 Å². The topological polar surface area (TPSA) is 73.6 Å². The highest BCUT2D eigenvalue weighted by molar-refractivity contribution is 5.97. The van der Waals surface area contributed by atoms with E-state index in [1.807, 2.05) is 6.92 Å². The minimum absolute atomic E-state index is 0.0723. The molecule has 0 spiro atoms. The Morgan fingerprint density at radius 1 is 1.39 bits per heavy atom. The quantitative estimate of drug-likeness (QED) is 0.797. The van der Waals surface area contributed by atoms with Gasteiger partial charge in [0.05, 0.1) is 19.8 Å². The van der Waals surface area contributed by atoms with Gasteiger partial charge in [-0.05, 0) is 25.5 Å². The van der Waals surface area contributed by atoms with Crippen molar-refractivity contribution in [3.63, 3.8) is 0 Å². The number of benzene rings is 1. The standard InChI is InChI=1S/C13H20N2O3/c1-9(14)6-7-15-13(16)11-5-4-10(17-2)8-12(11)18-3/h4-5,8-9H,6-7,14H2,1-3H3,(H,15,16). The van der Waals surface area contributed by atoms with E-state index in [9.17, 15) is 4.79 Å². The zero-order valence-electron chi connectivity index (χ0n) is 11.0. The molecule has 1 unspecified atom stereocenters. The van der Waals surface area contributed by atoms with Crippen LogP contribution in [0, 0.1) is 0 Å². The monoisotopic (exact) mass is 252 g/mol. The molecule has 0 saturated heterocycles. The normalized spacial score (nSPS) is 11.8. The van der Waals surface area contributed by atoms with Gasteiger partial charge in [0.2, 0.25) is 0 Å². The van der Waals surface area contributed by atoms with Gasteiger partial charge in [0, 0.05) is 18.7 Å². The first-order chi connectivity index (χ1) is 8.58. The smallest absolute Gasteiger partial charge is 0.255 e. The maximum atomic E-state index is 11.9. The van der Waals surface area contributed by atoms with Crippen molar-refractivity contribution in [2.75, 3.05) is 20.8 Å². The van der Waals surface area contributed by atoms with Gasteiger partial charge in [0.25, 0.3) is 5.91 Å². The molecule has 18 heavy (non-hydrogen) atoms. The van der Waals surface area contributed by atoms with Crippen LogP contribution in [0.1, 0.15) is 23.7 Å². The third kappa shape index (κ3) is 3.92. The third-order valence-corrected chi connectivity index (χ3v) is 2.54. The Morgan fingerprint density at radius 2 is 2.11 bits per heavy atom. The summed E-state index contributed by atoms with van der Waals surface area (Å²) in [6, 6.07) is 5.16. The number of nitrogens with one attached hydrogen (secondary N) is 1. The summed E-state index contributed by atoms with van der Waals surface area (Å²) < 4.78 is 10.2. The van der Waals surface area contributed by atoms with Crippen LogP contribution >= 0.6 is 0 Å². The lowest BCUT2D eigenvalue weighted by atomic mass is 10.1. The predicted octanol–water partition coefficient (Wildman–Crippen LogP) is 1.17. The van der Waals surface area contributed by atoms with Crippen molar-refractivity contribution in [1.29, 1.82) is 0 Å². The number of methoxy groups -OCH3 is 2. The molecule has 0 saturated carbocycles. The van der Waals surface area contributed by atoms with Gasteiger partial charge in [0.1, 0.15) is 11.5 Å². The molecule has 0 fully saturated rings. The summed E-state index contributed by atoms with van der Waals surface area (Å²) in [5.74, 6) is 0.974. The zero-order valence-corrected chi connectivity index (χ0v) is 11.0. The van der Waals surface area contributed by atoms with Gasteiger partial charge in [-0.25, -0.2) is 0 Å². The van der Waals surface area contributed by atoms with E-state index in [4.69, 9.17) is 15.2 Å². The Hall–Kier alpha value is -1.75. The molecule has 1 aromatic carbocycles. The van der Waals surface area contributed by atoms with Crippen LogP contribution < -0.4 is 20.5 Å². The third-order valence-electron chi connectivity index (χ3n) is 2.54. The highest BCUT2D eigenvalue weighted by atomic mass is 16.5. The fourth-order valence-corrected chi connectivity index (χ4v) is 1.49. The minimum atomic E-state index is -0.171. The second-order valence-electron chi connectivity index (χ2n) is 4.09. The van der Waals surface area contributed by atoms with Crippen LogP contribution in [0.3, 0.4) is 0 Å². The highest BCUT2D eigenvalue weighted by Crippen LogP contribution is 2.24. The Bertz CT molecular complexity index is 405. The number of ether oxygens (including phenoxy) is 2. The number of rotatable bonds is 6. The van der Waals surface area contributed by atoms with E-state index in [2.05, 4.69) is 5.32 Å². The molecule has 0 radical (unpaired) electrons. The average molecular weight is 252 g/mol. The van der Waals surface area contributed by atoms with Gasteiger partial charge in [-0.2, -0.15) is 0 Å². The van der Waals surface area contributed by atoms with Crippen LogP contribution in [0.2, 0.25) is 0 Å². The number of nitrogens with two attached hydrogens (primary N) is 1. The van der Waals surface area contributed by atoms with Crippen molar-refractivity contribution < 1.29 is 14.3 Å². The molecule has 0 bridgehead atoms. The van der Waals surface area contributed by atoms with E-state index in [1.54, 1.807) is 25.3 Å². The molecular formula is C13H20N2O3. The molecule has 3 N–H and O–H groups in total. The van der Waals surface area contributed by atoms with Crippen molar-refractivity contribution in [3.05, 3.63) is 23.8 Å². The minimum Gasteiger partial charge on any atom is -0.497 e. The molecule has 1 rings (SSSR count).